The van der Waals surface area contributed by atoms with Gasteiger partial charge in [-0.25, -0.2) is 0 Å². The number of nitrogens with one attached hydrogen (secondary N) is 2. The van der Waals surface area contributed by atoms with Crippen LogP contribution in [0, 0.1) is 13.8 Å². The first-order valence-electron chi connectivity index (χ1n) is 7.57. The van der Waals surface area contributed by atoms with Crippen molar-refractivity contribution in [3.05, 3.63) is 57.6 Å². The van der Waals surface area contributed by atoms with Gasteiger partial charge in [0.1, 0.15) is 5.75 Å². The van der Waals surface area contributed by atoms with Crippen molar-refractivity contribution in [2.24, 2.45) is 0 Å². The van der Waals surface area contributed by atoms with Crippen molar-refractivity contribution in [3.63, 3.8) is 0 Å². The van der Waals surface area contributed by atoms with Crippen LogP contribution in [0.25, 0.3) is 0 Å². The fourth-order valence-corrected chi connectivity index (χ4v) is 2.84. The van der Waals surface area contributed by atoms with Crippen LogP contribution in [0.5, 0.6) is 5.75 Å². The zero-order chi connectivity index (χ0) is 18.6. The summed E-state index contributed by atoms with van der Waals surface area (Å²) in [6, 6.07) is 10.7. The summed E-state index contributed by atoms with van der Waals surface area (Å²) in [5, 5.41) is 6.71. The van der Waals surface area contributed by atoms with Crippen molar-refractivity contribution in [2.45, 2.75) is 26.9 Å². The molecule has 2 aromatic rings. The van der Waals surface area contributed by atoms with Gasteiger partial charge in [0.15, 0.2) is 11.2 Å². The topological polar surface area (TPSA) is 50.4 Å². The summed E-state index contributed by atoms with van der Waals surface area (Å²) in [6.45, 7) is 5.55. The van der Waals surface area contributed by atoms with Crippen LogP contribution in [0.1, 0.15) is 18.1 Å². The number of carbonyl (C=O) groups is 1. The van der Waals surface area contributed by atoms with Gasteiger partial charge in [0.05, 0.1) is 5.02 Å². The molecule has 2 N–H and O–H groups in total. The molecule has 1 atom stereocenters. The molecule has 0 fully saturated rings. The second-order valence-corrected chi connectivity index (χ2v) is 6.80. The molecular formula is C18H18Cl2N2O2S. The number of amides is 1. The molecule has 0 saturated carbocycles. The molecular weight excluding hydrogens is 379 g/mol. The van der Waals surface area contributed by atoms with Gasteiger partial charge < -0.3 is 10.1 Å². The molecule has 4 nitrogen and oxygen atoms in total. The summed E-state index contributed by atoms with van der Waals surface area (Å²) >= 11 is 17.1. The summed E-state index contributed by atoms with van der Waals surface area (Å²) in [7, 11) is 0. The fourth-order valence-electron chi connectivity index (χ4n) is 2.18. The number of hydrogen-bond donors (Lipinski definition) is 2. The smallest absolute Gasteiger partial charge is 0.266 e. The molecule has 2 aromatic carbocycles. The Kier molecular flexibility index (Phi) is 6.64. The Bertz CT molecular complexity index is 791. The van der Waals surface area contributed by atoms with Gasteiger partial charge in [-0.2, -0.15) is 0 Å². The first-order chi connectivity index (χ1) is 11.8. The first-order valence-corrected chi connectivity index (χ1v) is 8.74. The van der Waals surface area contributed by atoms with Crippen LogP contribution >= 0.6 is 35.4 Å². The molecule has 1 unspecified atom stereocenters. The maximum Gasteiger partial charge on any atom is 0.266 e. The molecule has 0 aliphatic carbocycles. The van der Waals surface area contributed by atoms with E-state index in [2.05, 4.69) is 10.6 Å². The maximum absolute atomic E-state index is 12.3. The van der Waals surface area contributed by atoms with Gasteiger partial charge in [0, 0.05) is 10.7 Å². The number of carbonyl (C=O) groups excluding carboxylic acids is 1. The van der Waals surface area contributed by atoms with Gasteiger partial charge in [-0.05, 0) is 62.3 Å². The van der Waals surface area contributed by atoms with Crippen LogP contribution in [0.2, 0.25) is 10.0 Å². The van der Waals surface area contributed by atoms with E-state index < -0.39 is 6.10 Å². The Morgan fingerprint density at radius 3 is 2.40 bits per heavy atom. The van der Waals surface area contributed by atoms with Crippen molar-refractivity contribution < 1.29 is 9.53 Å². The van der Waals surface area contributed by atoms with Gasteiger partial charge >= 0.3 is 0 Å². The molecule has 0 aliphatic heterocycles. The van der Waals surface area contributed by atoms with E-state index in [1.165, 1.54) is 0 Å². The van der Waals surface area contributed by atoms with Crippen LogP contribution in [-0.4, -0.2) is 17.1 Å². The third-order valence-electron chi connectivity index (χ3n) is 3.52. The minimum Gasteiger partial charge on any atom is -0.479 e. The van der Waals surface area contributed by atoms with Crippen LogP contribution < -0.4 is 15.4 Å². The SMILES string of the molecule is Cc1cccc(C)c1NC(=S)NC(=O)C(C)Oc1ccc(Cl)cc1Cl. The fraction of sp³-hybridized carbons (Fsp3) is 0.222. The molecule has 0 saturated heterocycles. The zero-order valence-electron chi connectivity index (χ0n) is 14.0. The number of aryl methyl sites for hydroxylation is 2. The summed E-state index contributed by atoms with van der Waals surface area (Å²) < 4.78 is 5.57. The minimum atomic E-state index is -0.781. The largest absolute Gasteiger partial charge is 0.479 e. The average molecular weight is 397 g/mol. The Morgan fingerprint density at radius 1 is 1.16 bits per heavy atom. The van der Waals surface area contributed by atoms with Crippen molar-refractivity contribution in [2.75, 3.05) is 5.32 Å². The van der Waals surface area contributed by atoms with Gasteiger partial charge in [-0.15, -0.1) is 0 Å². The number of ether oxygens (including phenoxy) is 1. The van der Waals surface area contributed by atoms with E-state index in [0.29, 0.717) is 15.8 Å². The van der Waals surface area contributed by atoms with E-state index in [4.69, 9.17) is 40.2 Å². The van der Waals surface area contributed by atoms with Crippen molar-refractivity contribution in [3.8, 4) is 5.75 Å². The predicted octanol–water partition coefficient (Wildman–Crippen LogP) is 4.89. The molecule has 132 valence electrons. The number of hydrogen-bond acceptors (Lipinski definition) is 3. The van der Waals surface area contributed by atoms with Crippen molar-refractivity contribution in [1.82, 2.24) is 5.32 Å². The Labute approximate surface area is 162 Å². The molecule has 0 aromatic heterocycles. The molecule has 0 bridgehead atoms. The van der Waals surface area contributed by atoms with Crippen molar-refractivity contribution in [1.29, 1.82) is 0 Å². The molecule has 0 aliphatic rings. The van der Waals surface area contributed by atoms with E-state index in [9.17, 15) is 4.79 Å². The highest BCUT2D eigenvalue weighted by Crippen LogP contribution is 2.28. The number of halogens is 2. The number of benzene rings is 2. The zero-order valence-corrected chi connectivity index (χ0v) is 16.4. The molecule has 2 rings (SSSR count). The van der Waals surface area contributed by atoms with Gasteiger partial charge in [0.2, 0.25) is 0 Å². The Balaban J connectivity index is 1.97. The highest BCUT2D eigenvalue weighted by molar-refractivity contribution is 7.80. The summed E-state index contributed by atoms with van der Waals surface area (Å²) in [6.07, 6.45) is -0.781. The minimum absolute atomic E-state index is 0.208. The highest BCUT2D eigenvalue weighted by Gasteiger charge is 2.18. The van der Waals surface area contributed by atoms with Crippen LogP contribution in [0.4, 0.5) is 5.69 Å². The summed E-state index contributed by atoms with van der Waals surface area (Å²) in [4.78, 5) is 12.3. The molecule has 7 heteroatoms. The van der Waals surface area contributed by atoms with Gasteiger partial charge in [-0.3, -0.25) is 10.1 Å². The van der Waals surface area contributed by atoms with E-state index in [-0.39, 0.29) is 11.0 Å². The highest BCUT2D eigenvalue weighted by atomic mass is 35.5. The number of anilines is 1. The quantitative estimate of drug-likeness (QED) is 0.722. The number of para-hydroxylation sites is 1. The third kappa shape index (κ3) is 5.33. The lowest BCUT2D eigenvalue weighted by atomic mass is 10.1. The van der Waals surface area contributed by atoms with E-state index in [1.54, 1.807) is 25.1 Å². The second kappa shape index (κ2) is 8.52. The molecule has 1 amide bonds. The lowest BCUT2D eigenvalue weighted by Crippen LogP contribution is -2.42. The molecule has 0 heterocycles. The predicted molar refractivity (Wildman–Crippen MR) is 107 cm³/mol. The maximum atomic E-state index is 12.3. The standard InChI is InChI=1S/C18H18Cl2N2O2S/c1-10-5-4-6-11(2)16(10)21-18(25)22-17(23)12(3)24-15-8-7-13(19)9-14(15)20/h4-9,12H,1-3H3,(H2,21,22,23,25). The number of rotatable bonds is 4. The average Bonchev–Trinajstić information content (AvgIpc) is 2.53. The molecule has 0 spiro atoms. The molecule has 0 radical (unpaired) electrons. The van der Waals surface area contributed by atoms with Crippen LogP contribution in [-0.2, 0) is 4.79 Å². The number of thiocarbonyl (C=S) groups is 1. The normalized spacial score (nSPS) is 11.6. The van der Waals surface area contributed by atoms with E-state index in [0.717, 1.165) is 16.8 Å². The summed E-state index contributed by atoms with van der Waals surface area (Å²) in [5.74, 6) is -0.00269. The first kappa shape index (κ1) is 19.5. The Hall–Kier alpha value is -1.82. The lowest BCUT2D eigenvalue weighted by Gasteiger charge is -2.18. The van der Waals surface area contributed by atoms with Gasteiger partial charge in [0.25, 0.3) is 5.91 Å². The van der Waals surface area contributed by atoms with Crippen molar-refractivity contribution >= 4 is 52.1 Å². The monoisotopic (exact) mass is 396 g/mol. The lowest BCUT2D eigenvalue weighted by molar-refractivity contribution is -0.125. The summed E-state index contributed by atoms with van der Waals surface area (Å²) in [5.41, 5.74) is 2.95. The van der Waals surface area contributed by atoms with E-state index in [1.807, 2.05) is 32.0 Å². The third-order valence-corrected chi connectivity index (χ3v) is 4.26. The van der Waals surface area contributed by atoms with E-state index >= 15 is 0 Å². The Morgan fingerprint density at radius 2 is 1.80 bits per heavy atom. The van der Waals surface area contributed by atoms with Crippen LogP contribution in [0.3, 0.4) is 0 Å². The second-order valence-electron chi connectivity index (χ2n) is 5.55. The molecule has 25 heavy (non-hydrogen) atoms. The van der Waals surface area contributed by atoms with Crippen LogP contribution in [0.15, 0.2) is 36.4 Å². The van der Waals surface area contributed by atoms with Gasteiger partial charge in [-0.1, -0.05) is 41.4 Å².